The molecule has 31 heavy (non-hydrogen) atoms. The van der Waals surface area contributed by atoms with Crippen LogP contribution < -0.4 is 10.0 Å². The average Bonchev–Trinajstić information content (AvgIpc) is 2.69. The second-order valence-electron chi connectivity index (χ2n) is 6.26. The largest absolute Gasteiger partial charge is 0.416 e. The van der Waals surface area contributed by atoms with E-state index < -0.39 is 38.4 Å². The molecule has 5 nitrogen and oxygen atoms in total. The zero-order chi connectivity index (χ0) is 22.8. The third-order valence-corrected chi connectivity index (χ3v) is 5.77. The van der Waals surface area contributed by atoms with Crippen molar-refractivity contribution in [2.45, 2.75) is 11.1 Å². The number of hydrogen-bond acceptors (Lipinski definition) is 3. The Hall–Kier alpha value is -3.11. The first-order valence-electron chi connectivity index (χ1n) is 8.53. The lowest BCUT2D eigenvalue weighted by Gasteiger charge is -2.12. The number of sulfonamides is 1. The Labute approximate surface area is 179 Å². The number of alkyl halides is 3. The predicted octanol–water partition coefficient (Wildman–Crippen LogP) is 5.55. The highest BCUT2D eigenvalue weighted by atomic mass is 35.5. The number of halogens is 5. The van der Waals surface area contributed by atoms with Gasteiger partial charge in [-0.2, -0.15) is 13.2 Å². The van der Waals surface area contributed by atoms with Gasteiger partial charge >= 0.3 is 6.18 Å². The van der Waals surface area contributed by atoms with E-state index in [1.807, 2.05) is 4.72 Å². The van der Waals surface area contributed by atoms with E-state index in [2.05, 4.69) is 5.32 Å². The third kappa shape index (κ3) is 5.33. The second kappa shape index (κ2) is 8.56. The highest BCUT2D eigenvalue weighted by molar-refractivity contribution is 7.92. The highest BCUT2D eigenvalue weighted by Gasteiger charge is 2.30. The van der Waals surface area contributed by atoms with Crippen molar-refractivity contribution in [3.63, 3.8) is 0 Å². The average molecular weight is 473 g/mol. The first-order valence-corrected chi connectivity index (χ1v) is 10.4. The van der Waals surface area contributed by atoms with E-state index >= 15 is 0 Å². The summed E-state index contributed by atoms with van der Waals surface area (Å²) in [6.45, 7) is 0. The quantitative estimate of drug-likeness (QED) is 0.478. The number of benzene rings is 3. The molecular formula is C20H13ClF4N2O3S. The van der Waals surface area contributed by atoms with Crippen LogP contribution in [-0.4, -0.2) is 14.3 Å². The van der Waals surface area contributed by atoms with Crippen LogP contribution in [-0.2, 0) is 16.2 Å². The number of nitrogens with one attached hydrogen (secondary N) is 2. The Bertz CT molecular complexity index is 1250. The highest BCUT2D eigenvalue weighted by Crippen LogP contribution is 2.31. The van der Waals surface area contributed by atoms with Crippen molar-refractivity contribution in [1.29, 1.82) is 0 Å². The van der Waals surface area contributed by atoms with Crippen LogP contribution in [0.5, 0.6) is 0 Å². The zero-order valence-electron chi connectivity index (χ0n) is 15.4. The Kier molecular flexibility index (Phi) is 6.23. The molecule has 0 aliphatic heterocycles. The maximum Gasteiger partial charge on any atom is 0.416 e. The summed E-state index contributed by atoms with van der Waals surface area (Å²) < 4.78 is 79.7. The molecule has 1 amide bonds. The smallest absolute Gasteiger partial charge is 0.319 e. The van der Waals surface area contributed by atoms with Gasteiger partial charge in [0.05, 0.1) is 26.7 Å². The molecule has 162 valence electrons. The summed E-state index contributed by atoms with van der Waals surface area (Å²) in [5.41, 5.74) is -1.60. The Balaban J connectivity index is 1.82. The number of amides is 1. The summed E-state index contributed by atoms with van der Waals surface area (Å²) in [4.78, 5) is 11.7. The fourth-order valence-electron chi connectivity index (χ4n) is 2.57. The lowest BCUT2D eigenvalue weighted by atomic mass is 10.2. The number of hydrogen-bond donors (Lipinski definition) is 2. The van der Waals surface area contributed by atoms with Gasteiger partial charge in [-0.1, -0.05) is 29.8 Å². The molecule has 0 fully saturated rings. The minimum atomic E-state index is -4.66. The van der Waals surface area contributed by atoms with E-state index in [0.29, 0.717) is 12.1 Å². The Morgan fingerprint density at radius 3 is 2.29 bits per heavy atom. The summed E-state index contributed by atoms with van der Waals surface area (Å²) in [7, 11) is -4.39. The summed E-state index contributed by atoms with van der Waals surface area (Å²) >= 11 is 5.91. The SMILES string of the molecule is O=C(Nc1ccc(S(=O)(=O)Nc2cccc(C(F)(F)F)c2)cc1F)c1ccccc1Cl. The lowest BCUT2D eigenvalue weighted by Crippen LogP contribution is -2.16. The molecule has 0 saturated carbocycles. The number of rotatable bonds is 5. The fraction of sp³-hybridized carbons (Fsp3) is 0.0500. The van der Waals surface area contributed by atoms with Gasteiger partial charge in [0.1, 0.15) is 5.82 Å². The van der Waals surface area contributed by atoms with Crippen LogP contribution in [0, 0.1) is 5.82 Å². The van der Waals surface area contributed by atoms with E-state index in [0.717, 1.165) is 30.3 Å². The molecule has 0 aliphatic rings. The number of carbonyl (C=O) groups is 1. The van der Waals surface area contributed by atoms with Crippen molar-refractivity contribution in [2.24, 2.45) is 0 Å². The van der Waals surface area contributed by atoms with Crippen LogP contribution in [0.25, 0.3) is 0 Å². The van der Waals surface area contributed by atoms with E-state index in [1.165, 1.54) is 12.1 Å². The zero-order valence-corrected chi connectivity index (χ0v) is 16.9. The first-order chi connectivity index (χ1) is 14.5. The summed E-state index contributed by atoms with van der Waals surface area (Å²) in [5.74, 6) is -1.77. The molecule has 0 spiro atoms. The standard InChI is InChI=1S/C20H13ClF4N2O3S/c21-16-7-2-1-6-15(16)19(28)26-18-9-8-14(11-17(18)22)31(29,30)27-13-5-3-4-12(10-13)20(23,24)25/h1-11,27H,(H,26,28). The second-order valence-corrected chi connectivity index (χ2v) is 8.35. The molecule has 0 bridgehead atoms. The summed E-state index contributed by atoms with van der Waals surface area (Å²) in [5, 5.41) is 2.42. The van der Waals surface area contributed by atoms with E-state index in [-0.39, 0.29) is 22.0 Å². The molecule has 0 unspecified atom stereocenters. The van der Waals surface area contributed by atoms with Gasteiger partial charge in [-0.3, -0.25) is 9.52 Å². The predicted molar refractivity (Wildman–Crippen MR) is 108 cm³/mol. The van der Waals surface area contributed by atoms with Crippen molar-refractivity contribution < 1.29 is 30.8 Å². The number of anilines is 2. The van der Waals surface area contributed by atoms with Crippen molar-refractivity contribution in [2.75, 3.05) is 10.0 Å². The van der Waals surface area contributed by atoms with E-state index in [1.54, 1.807) is 12.1 Å². The van der Waals surface area contributed by atoms with Crippen LogP contribution in [0.3, 0.4) is 0 Å². The summed E-state index contributed by atoms with van der Waals surface area (Å²) in [6, 6.07) is 12.3. The van der Waals surface area contributed by atoms with Gasteiger partial charge in [-0.05, 0) is 48.5 Å². The number of carbonyl (C=O) groups excluding carboxylic acids is 1. The van der Waals surface area contributed by atoms with Gasteiger partial charge in [0.2, 0.25) is 0 Å². The molecule has 0 saturated heterocycles. The van der Waals surface area contributed by atoms with E-state index in [9.17, 15) is 30.8 Å². The van der Waals surface area contributed by atoms with Crippen molar-refractivity contribution >= 4 is 38.9 Å². The minimum Gasteiger partial charge on any atom is -0.319 e. The van der Waals surface area contributed by atoms with Gasteiger partial charge < -0.3 is 5.32 Å². The molecule has 3 aromatic carbocycles. The third-order valence-electron chi connectivity index (χ3n) is 4.06. The van der Waals surface area contributed by atoms with Crippen molar-refractivity contribution in [3.05, 3.63) is 88.7 Å². The molecule has 0 radical (unpaired) electrons. The summed E-state index contributed by atoms with van der Waals surface area (Å²) in [6.07, 6.45) is -4.66. The van der Waals surface area contributed by atoms with Crippen molar-refractivity contribution in [1.82, 2.24) is 0 Å². The molecule has 2 N–H and O–H groups in total. The molecule has 3 aromatic rings. The monoisotopic (exact) mass is 472 g/mol. The molecule has 11 heteroatoms. The molecule has 0 atom stereocenters. The lowest BCUT2D eigenvalue weighted by molar-refractivity contribution is -0.137. The maximum atomic E-state index is 14.4. The van der Waals surface area contributed by atoms with Crippen LogP contribution in [0.2, 0.25) is 5.02 Å². The van der Waals surface area contributed by atoms with Crippen LogP contribution in [0.15, 0.2) is 71.6 Å². The van der Waals surface area contributed by atoms with Crippen molar-refractivity contribution in [3.8, 4) is 0 Å². The molecule has 0 aromatic heterocycles. The van der Waals surface area contributed by atoms with Gasteiger partial charge in [0.25, 0.3) is 15.9 Å². The van der Waals surface area contributed by atoms with Crippen LogP contribution >= 0.6 is 11.6 Å². The van der Waals surface area contributed by atoms with Gasteiger partial charge in [-0.15, -0.1) is 0 Å². The Morgan fingerprint density at radius 2 is 1.65 bits per heavy atom. The topological polar surface area (TPSA) is 75.3 Å². The molecule has 0 heterocycles. The molecular weight excluding hydrogens is 460 g/mol. The van der Waals surface area contributed by atoms with E-state index in [4.69, 9.17) is 11.6 Å². The molecule has 3 rings (SSSR count). The van der Waals surface area contributed by atoms with Crippen LogP contribution in [0.4, 0.5) is 28.9 Å². The normalized spacial score (nSPS) is 11.8. The molecule has 0 aliphatic carbocycles. The Morgan fingerprint density at radius 1 is 0.935 bits per heavy atom. The van der Waals surface area contributed by atoms with Crippen LogP contribution in [0.1, 0.15) is 15.9 Å². The first kappa shape index (κ1) is 22.6. The maximum absolute atomic E-state index is 14.4. The minimum absolute atomic E-state index is 0.0893. The van der Waals surface area contributed by atoms with Gasteiger partial charge in [0.15, 0.2) is 0 Å². The van der Waals surface area contributed by atoms with Gasteiger partial charge in [0, 0.05) is 5.69 Å². The van der Waals surface area contributed by atoms with Gasteiger partial charge in [-0.25, -0.2) is 12.8 Å². The fourth-order valence-corrected chi connectivity index (χ4v) is 3.85.